The van der Waals surface area contributed by atoms with Gasteiger partial charge in [0.1, 0.15) is 6.07 Å². The van der Waals surface area contributed by atoms with Crippen molar-refractivity contribution >= 4 is 11.6 Å². The summed E-state index contributed by atoms with van der Waals surface area (Å²) in [6.07, 6.45) is 0. The first-order valence-corrected chi connectivity index (χ1v) is 1.63. The minimum absolute atomic E-state index is 0.706. The minimum atomic E-state index is -0.986. The van der Waals surface area contributed by atoms with Gasteiger partial charge in [0.05, 0.1) is 0 Å². The first-order valence-electron chi connectivity index (χ1n) is 1.63. The highest BCUT2D eigenvalue weighted by atomic mass is 16.2. The highest BCUT2D eigenvalue weighted by Crippen LogP contribution is 1.67. The molecule has 0 aromatic rings. The van der Waals surface area contributed by atoms with Crippen LogP contribution in [0.1, 0.15) is 6.92 Å². The molecule has 0 unspecified atom stereocenters. The summed E-state index contributed by atoms with van der Waals surface area (Å²) in [6, 6.07) is 1.18. The molecule has 0 fully saturated rings. The zero-order valence-corrected chi connectivity index (χ0v) is 3.76. The fraction of sp³-hybridized carbons (Fsp3) is 0.250. The van der Waals surface area contributed by atoms with Crippen LogP contribution in [0.15, 0.2) is 0 Å². The summed E-state index contributed by atoms with van der Waals surface area (Å²) in [5.41, 5.74) is 0. The van der Waals surface area contributed by atoms with Gasteiger partial charge in [0.2, 0.25) is 5.78 Å². The third-order valence-electron chi connectivity index (χ3n) is 0.421. The number of ketones is 2. The molecule has 0 saturated carbocycles. The Balaban J connectivity index is 3.90. The van der Waals surface area contributed by atoms with E-state index < -0.39 is 11.6 Å². The second-order valence-electron chi connectivity index (χ2n) is 0.997. The normalized spacial score (nSPS) is 6.86. The van der Waals surface area contributed by atoms with Gasteiger partial charge in [0.15, 0.2) is 0 Å². The van der Waals surface area contributed by atoms with E-state index in [0.29, 0.717) is 0 Å². The van der Waals surface area contributed by atoms with Crippen LogP contribution in [0.2, 0.25) is 0 Å². The average molecular weight is 97.1 g/mol. The predicted molar refractivity (Wildman–Crippen MR) is 21.3 cm³/mol. The molecule has 0 heterocycles. The zero-order valence-electron chi connectivity index (χ0n) is 3.76. The molecule has 0 atom stereocenters. The molecule has 0 aliphatic rings. The topological polar surface area (TPSA) is 57.9 Å². The number of rotatable bonds is 1. The van der Waals surface area contributed by atoms with Crippen molar-refractivity contribution in [3.8, 4) is 6.07 Å². The van der Waals surface area contributed by atoms with Crippen molar-refractivity contribution in [2.45, 2.75) is 6.92 Å². The molecule has 36 valence electrons. The van der Waals surface area contributed by atoms with E-state index in [2.05, 4.69) is 0 Å². The van der Waals surface area contributed by atoms with Crippen LogP contribution in [0, 0.1) is 11.3 Å². The lowest BCUT2D eigenvalue weighted by molar-refractivity contribution is -0.132. The Morgan fingerprint density at radius 3 is 2.00 bits per heavy atom. The fourth-order valence-electron chi connectivity index (χ4n) is 0.0787. The van der Waals surface area contributed by atoms with Crippen molar-refractivity contribution in [3.05, 3.63) is 0 Å². The summed E-state index contributed by atoms with van der Waals surface area (Å²) in [6.45, 7) is 1.06. The lowest BCUT2D eigenvalue weighted by Crippen LogP contribution is -2.04. The first kappa shape index (κ1) is 5.83. The van der Waals surface area contributed by atoms with E-state index in [1.165, 1.54) is 6.07 Å². The highest BCUT2D eigenvalue weighted by Gasteiger charge is 2.02. The van der Waals surface area contributed by atoms with E-state index in [1.807, 2.05) is 0 Å². The van der Waals surface area contributed by atoms with Crippen molar-refractivity contribution in [2.24, 2.45) is 0 Å². The molecule has 0 spiro atoms. The van der Waals surface area contributed by atoms with Crippen LogP contribution < -0.4 is 0 Å². The molecule has 0 rings (SSSR count). The number of carbonyl (C=O) groups excluding carboxylic acids is 2. The smallest absolute Gasteiger partial charge is 0.290 e. The molecule has 0 N–H and O–H groups in total. The molecule has 0 bridgehead atoms. The van der Waals surface area contributed by atoms with Crippen LogP contribution in [0.25, 0.3) is 0 Å². The molecule has 0 aromatic carbocycles. The van der Waals surface area contributed by atoms with E-state index in [9.17, 15) is 9.59 Å². The van der Waals surface area contributed by atoms with Crippen molar-refractivity contribution in [1.82, 2.24) is 0 Å². The van der Waals surface area contributed by atoms with Gasteiger partial charge < -0.3 is 0 Å². The molecule has 3 nitrogen and oxygen atoms in total. The Morgan fingerprint density at radius 1 is 1.57 bits per heavy atom. The summed E-state index contributed by atoms with van der Waals surface area (Å²) < 4.78 is 0. The number of hydrogen-bond acceptors (Lipinski definition) is 3. The van der Waals surface area contributed by atoms with Gasteiger partial charge in [-0.25, -0.2) is 0 Å². The van der Waals surface area contributed by atoms with Gasteiger partial charge in [-0.15, -0.1) is 0 Å². The summed E-state index contributed by atoms with van der Waals surface area (Å²) in [4.78, 5) is 19.6. The lowest BCUT2D eigenvalue weighted by atomic mass is 10.3. The number of Topliss-reactive ketones (excluding diaryl/α,β-unsaturated/α-hetero) is 2. The molecular formula is C4H3NO2. The average Bonchev–Trinajstić information content (AvgIpc) is 1.65. The standard InChI is InChI=1S/C4H3NO2/c1-3(6)4(7)2-5/h1H3. The molecule has 0 aliphatic heterocycles. The van der Waals surface area contributed by atoms with Crippen LogP contribution in [0.5, 0.6) is 0 Å². The van der Waals surface area contributed by atoms with Gasteiger partial charge in [-0.05, 0) is 0 Å². The molecule has 7 heavy (non-hydrogen) atoms. The van der Waals surface area contributed by atoms with Gasteiger partial charge in [-0.1, -0.05) is 0 Å². The molecule has 0 radical (unpaired) electrons. The molecule has 0 amide bonds. The SMILES string of the molecule is CC(=O)C(=O)C#N. The Hall–Kier alpha value is -1.17. The van der Waals surface area contributed by atoms with Crippen LogP contribution in [-0.4, -0.2) is 11.6 Å². The van der Waals surface area contributed by atoms with Crippen LogP contribution in [0.3, 0.4) is 0 Å². The van der Waals surface area contributed by atoms with Gasteiger partial charge in [0.25, 0.3) is 5.78 Å². The fourth-order valence-corrected chi connectivity index (χ4v) is 0.0787. The molecule has 3 heteroatoms. The molecule has 0 saturated heterocycles. The largest absolute Gasteiger partial charge is 0.297 e. The van der Waals surface area contributed by atoms with Gasteiger partial charge in [-0.2, -0.15) is 5.26 Å². The second kappa shape index (κ2) is 2.08. The Bertz CT molecular complexity index is 142. The maximum atomic E-state index is 9.80. The molecular weight excluding hydrogens is 94.0 g/mol. The van der Waals surface area contributed by atoms with Crippen LogP contribution >= 0.6 is 0 Å². The maximum absolute atomic E-state index is 9.80. The Morgan fingerprint density at radius 2 is 2.00 bits per heavy atom. The third-order valence-corrected chi connectivity index (χ3v) is 0.421. The first-order chi connectivity index (χ1) is 3.18. The van der Waals surface area contributed by atoms with Crippen molar-refractivity contribution in [3.63, 3.8) is 0 Å². The number of nitrogens with zero attached hydrogens (tertiary/aromatic N) is 1. The summed E-state index contributed by atoms with van der Waals surface area (Å²) in [7, 11) is 0. The van der Waals surface area contributed by atoms with E-state index in [1.54, 1.807) is 0 Å². The Labute approximate surface area is 40.5 Å². The van der Waals surface area contributed by atoms with Crippen molar-refractivity contribution < 1.29 is 9.59 Å². The monoisotopic (exact) mass is 97.0 g/mol. The molecule has 0 aromatic heterocycles. The quantitative estimate of drug-likeness (QED) is 0.332. The van der Waals surface area contributed by atoms with Crippen LogP contribution in [-0.2, 0) is 9.59 Å². The highest BCUT2D eigenvalue weighted by molar-refractivity contribution is 6.42. The predicted octanol–water partition coefficient (Wildman–Crippen LogP) is -0.332. The number of nitriles is 1. The van der Waals surface area contributed by atoms with Gasteiger partial charge >= 0.3 is 0 Å². The van der Waals surface area contributed by atoms with Crippen molar-refractivity contribution in [2.75, 3.05) is 0 Å². The third kappa shape index (κ3) is 1.66. The maximum Gasteiger partial charge on any atom is 0.297 e. The van der Waals surface area contributed by atoms with E-state index in [4.69, 9.17) is 5.26 Å². The minimum Gasteiger partial charge on any atom is -0.290 e. The number of hydrogen-bond donors (Lipinski definition) is 0. The molecule has 0 aliphatic carbocycles. The van der Waals surface area contributed by atoms with Crippen molar-refractivity contribution in [1.29, 1.82) is 5.26 Å². The van der Waals surface area contributed by atoms with Gasteiger partial charge in [-0.3, -0.25) is 9.59 Å². The Kier molecular flexibility index (Phi) is 1.74. The van der Waals surface area contributed by atoms with Crippen LogP contribution in [0.4, 0.5) is 0 Å². The summed E-state index contributed by atoms with van der Waals surface area (Å²) >= 11 is 0. The zero-order chi connectivity index (χ0) is 5.86. The van der Waals surface area contributed by atoms with E-state index >= 15 is 0 Å². The number of carbonyl (C=O) groups is 2. The second-order valence-corrected chi connectivity index (χ2v) is 0.997. The summed E-state index contributed by atoms with van der Waals surface area (Å²) in [5.74, 6) is -1.69. The van der Waals surface area contributed by atoms with E-state index in [-0.39, 0.29) is 0 Å². The van der Waals surface area contributed by atoms with E-state index in [0.717, 1.165) is 6.92 Å². The lowest BCUT2D eigenvalue weighted by Gasteiger charge is -1.70. The summed E-state index contributed by atoms with van der Waals surface area (Å²) in [5, 5.41) is 7.68. The van der Waals surface area contributed by atoms with Gasteiger partial charge in [0, 0.05) is 6.92 Å².